The first-order chi connectivity index (χ1) is 21.5. The number of rotatable bonds is 12. The molecule has 2 aromatic rings. The summed E-state index contributed by atoms with van der Waals surface area (Å²) in [5, 5.41) is 29.9. The maximum absolute atomic E-state index is 13.4. The molecule has 45 heavy (non-hydrogen) atoms. The number of halogens is 3. The van der Waals surface area contributed by atoms with Crippen molar-refractivity contribution < 1.29 is 42.3 Å². The number of β-lactam (4-membered cyclic amide) rings is 1. The Morgan fingerprint density at radius 1 is 1.29 bits per heavy atom. The lowest BCUT2D eigenvalue weighted by Crippen LogP contribution is -2.71. The third kappa shape index (κ3) is 7.14. The zero-order valence-electron chi connectivity index (χ0n) is 23.0. The molecule has 3 aliphatic rings. The van der Waals surface area contributed by atoms with E-state index in [0.29, 0.717) is 41.5 Å². The number of anilines is 1. The van der Waals surface area contributed by atoms with Crippen LogP contribution >= 0.6 is 34.9 Å². The number of carboxylic acids is 1. The van der Waals surface area contributed by atoms with Crippen LogP contribution in [-0.2, 0) is 30.6 Å². The van der Waals surface area contributed by atoms with Gasteiger partial charge in [0.1, 0.15) is 28.9 Å². The van der Waals surface area contributed by atoms with Crippen molar-refractivity contribution in [1.82, 2.24) is 35.4 Å². The van der Waals surface area contributed by atoms with E-state index in [1.165, 1.54) is 33.6 Å². The van der Waals surface area contributed by atoms with E-state index in [4.69, 9.17) is 4.84 Å². The van der Waals surface area contributed by atoms with E-state index in [-0.39, 0.29) is 29.0 Å². The molecular weight excluding hydrogens is 664 g/mol. The highest BCUT2D eigenvalue weighted by molar-refractivity contribution is 8.01. The molecule has 15 nitrogen and oxygen atoms in total. The third-order valence-electron chi connectivity index (χ3n) is 6.75. The van der Waals surface area contributed by atoms with Gasteiger partial charge in [-0.25, -0.2) is 14.5 Å². The summed E-state index contributed by atoms with van der Waals surface area (Å²) in [7, 11) is 0. The van der Waals surface area contributed by atoms with Crippen molar-refractivity contribution >= 4 is 69.4 Å². The van der Waals surface area contributed by atoms with Crippen molar-refractivity contribution in [3.8, 4) is 0 Å². The number of carbonyl (C=O) groups excluding carboxylic acids is 3. The predicted octanol–water partition coefficient (Wildman–Crippen LogP) is 2.01. The number of carbonyl (C=O) groups is 4. The van der Waals surface area contributed by atoms with Crippen LogP contribution in [0.3, 0.4) is 0 Å². The highest BCUT2D eigenvalue weighted by Gasteiger charge is 2.54. The van der Waals surface area contributed by atoms with Crippen molar-refractivity contribution in [2.24, 2.45) is 5.16 Å². The molecule has 4 heterocycles. The quantitative estimate of drug-likeness (QED) is 0.0968. The van der Waals surface area contributed by atoms with Crippen molar-refractivity contribution in [2.45, 2.75) is 61.1 Å². The van der Waals surface area contributed by atoms with Crippen LogP contribution in [0.2, 0.25) is 0 Å². The van der Waals surface area contributed by atoms with Gasteiger partial charge in [-0.05, 0) is 41.7 Å². The molecule has 1 saturated heterocycles. The minimum atomic E-state index is -5.15. The van der Waals surface area contributed by atoms with Gasteiger partial charge in [0.25, 0.3) is 11.8 Å². The fourth-order valence-electron chi connectivity index (χ4n) is 4.63. The van der Waals surface area contributed by atoms with Crippen LogP contribution in [-0.4, -0.2) is 99.8 Å². The lowest BCUT2D eigenvalue weighted by molar-refractivity contribution is -0.167. The van der Waals surface area contributed by atoms with Crippen LogP contribution in [0, 0.1) is 0 Å². The molecule has 5 rings (SSSR count). The first-order valence-corrected chi connectivity index (χ1v) is 16.2. The Morgan fingerprint density at radius 2 is 2.04 bits per heavy atom. The molecule has 21 heteroatoms. The molecule has 0 aromatic carbocycles. The number of aromatic nitrogens is 5. The summed E-state index contributed by atoms with van der Waals surface area (Å²) in [6.07, 6.45) is -0.675. The fourth-order valence-corrected chi connectivity index (χ4v) is 7.69. The number of amides is 3. The first-order valence-electron chi connectivity index (χ1n) is 13.3. The molecule has 3 N–H and O–H groups in total. The number of aliphatic carboxylic acids is 1. The number of thioether (sulfide) groups is 2. The van der Waals surface area contributed by atoms with Gasteiger partial charge in [0, 0.05) is 16.9 Å². The highest BCUT2D eigenvalue weighted by Crippen LogP contribution is 2.41. The normalized spacial score (nSPS) is 20.5. The molecule has 2 unspecified atom stereocenters. The lowest BCUT2D eigenvalue weighted by atomic mass is 10.0. The molecule has 1 aliphatic carbocycles. The van der Waals surface area contributed by atoms with Gasteiger partial charge in [-0.2, -0.15) is 13.2 Å². The number of nitrogens with one attached hydrogen (secondary N) is 2. The number of nitrogens with zero attached hydrogens (tertiary/aromatic N) is 7. The smallest absolute Gasteiger partial charge is 0.471 e. The van der Waals surface area contributed by atoms with Crippen molar-refractivity contribution in [2.75, 3.05) is 16.8 Å². The molecule has 2 aliphatic heterocycles. The Balaban J connectivity index is 1.31. The lowest BCUT2D eigenvalue weighted by Gasteiger charge is -2.49. The SMILES string of the molecule is C=CCn1nnnc1SCC1=C(C(=O)O)N2C(=O)C(NC(=O)/C(=N/OC3CCCC3)c3csc(NC(=O)C(F)(F)F)n3)C2SC1. The van der Waals surface area contributed by atoms with Gasteiger partial charge in [-0.1, -0.05) is 23.0 Å². The monoisotopic (exact) mass is 687 g/mol. The summed E-state index contributed by atoms with van der Waals surface area (Å²) in [6.45, 7) is 3.99. The molecule has 2 aromatic heterocycles. The summed E-state index contributed by atoms with van der Waals surface area (Å²) < 4.78 is 39.6. The molecule has 2 fully saturated rings. The largest absolute Gasteiger partial charge is 0.477 e. The Labute approximate surface area is 264 Å². The third-order valence-corrected chi connectivity index (χ3v) is 9.89. The van der Waals surface area contributed by atoms with Gasteiger partial charge in [0.15, 0.2) is 10.8 Å². The molecule has 1 saturated carbocycles. The minimum absolute atomic E-state index is 0.183. The number of oxime groups is 1. The Kier molecular flexibility index (Phi) is 9.77. The number of alkyl halides is 3. The zero-order chi connectivity index (χ0) is 32.3. The second-order valence-corrected chi connectivity index (χ2v) is 12.7. The summed E-state index contributed by atoms with van der Waals surface area (Å²) in [4.78, 5) is 60.7. The zero-order valence-corrected chi connectivity index (χ0v) is 25.5. The number of hydrogen-bond acceptors (Lipinski definition) is 13. The maximum atomic E-state index is 13.4. The fraction of sp³-hybridized carbons (Fsp3) is 0.458. The van der Waals surface area contributed by atoms with E-state index in [0.717, 1.165) is 17.7 Å². The van der Waals surface area contributed by atoms with Crippen LogP contribution in [0.1, 0.15) is 31.4 Å². The summed E-state index contributed by atoms with van der Waals surface area (Å²) in [5.41, 5.74) is -0.339. The van der Waals surface area contributed by atoms with Crippen LogP contribution in [0.25, 0.3) is 0 Å². The van der Waals surface area contributed by atoms with Crippen LogP contribution < -0.4 is 10.6 Å². The van der Waals surface area contributed by atoms with Crippen molar-refractivity contribution in [3.63, 3.8) is 0 Å². The molecule has 2 atom stereocenters. The summed E-state index contributed by atoms with van der Waals surface area (Å²) >= 11 is 3.08. The second-order valence-electron chi connectivity index (χ2n) is 9.78. The van der Waals surface area contributed by atoms with E-state index < -0.39 is 52.1 Å². The number of fused-ring (bicyclic) bond motifs is 1. The average Bonchev–Trinajstić information content (AvgIpc) is 3.77. The van der Waals surface area contributed by atoms with Gasteiger partial charge in [0.2, 0.25) is 5.16 Å². The second kappa shape index (κ2) is 13.6. The van der Waals surface area contributed by atoms with E-state index in [1.807, 2.05) is 0 Å². The number of allylic oxidation sites excluding steroid dienone is 1. The Hall–Kier alpha value is -3.98. The van der Waals surface area contributed by atoms with Crippen LogP contribution in [0.4, 0.5) is 18.3 Å². The minimum Gasteiger partial charge on any atom is -0.477 e. The van der Waals surface area contributed by atoms with Crippen molar-refractivity contribution in [1.29, 1.82) is 0 Å². The van der Waals surface area contributed by atoms with Gasteiger partial charge in [-0.3, -0.25) is 24.6 Å². The molecule has 0 bridgehead atoms. The molecule has 3 amide bonds. The van der Waals surface area contributed by atoms with Gasteiger partial charge in [0.05, 0.1) is 6.54 Å². The predicted molar refractivity (Wildman–Crippen MR) is 155 cm³/mol. The van der Waals surface area contributed by atoms with Gasteiger partial charge >= 0.3 is 18.1 Å². The summed E-state index contributed by atoms with van der Waals surface area (Å²) in [5.74, 6) is -4.72. The van der Waals surface area contributed by atoms with Crippen molar-refractivity contribution in [3.05, 3.63) is 35.0 Å². The van der Waals surface area contributed by atoms with Crippen LogP contribution in [0.15, 0.2) is 39.6 Å². The van der Waals surface area contributed by atoms with E-state index >= 15 is 0 Å². The van der Waals surface area contributed by atoms with Gasteiger partial charge < -0.3 is 15.3 Å². The topological polar surface area (TPSA) is 194 Å². The highest BCUT2D eigenvalue weighted by atomic mass is 32.2. The van der Waals surface area contributed by atoms with Crippen LogP contribution in [0.5, 0.6) is 0 Å². The van der Waals surface area contributed by atoms with E-state index in [2.05, 4.69) is 37.6 Å². The number of hydrogen-bond donors (Lipinski definition) is 3. The Morgan fingerprint density at radius 3 is 2.73 bits per heavy atom. The summed E-state index contributed by atoms with van der Waals surface area (Å²) in [6, 6.07) is -1.13. The number of tetrazole rings is 1. The number of thiazole rings is 1. The van der Waals surface area contributed by atoms with E-state index in [9.17, 15) is 37.5 Å². The molecule has 0 radical (unpaired) electrons. The molecular formula is C24H24F3N9O6S3. The van der Waals surface area contributed by atoms with E-state index in [1.54, 1.807) is 11.4 Å². The maximum Gasteiger partial charge on any atom is 0.471 e. The first kappa shape index (κ1) is 32.4. The standard InChI is InChI=1S/C24H24F3N9O6S3/c1-2-7-35-23(31-33-34-35)45-9-11-8-43-19-15(18(38)36(19)16(11)20(39)40)29-17(37)14(32-42-12-5-3-4-6-12)13-10-44-22(28-13)30-21(41)24(25,26)27/h2,10,12,15,19H,1,3-9H2,(H,29,37)(H,39,40)(H,28,30,41)/b32-14+. The Bertz CT molecular complexity index is 1570. The molecule has 240 valence electrons. The average molecular weight is 688 g/mol. The van der Waals surface area contributed by atoms with Gasteiger partial charge in [-0.15, -0.1) is 34.8 Å². The number of carboxylic acid groups (broad SMARTS) is 1. The molecule has 0 spiro atoms.